The molecule has 61 heavy (non-hydrogen) atoms. The Morgan fingerprint density at radius 1 is 0.689 bits per heavy atom. The van der Waals surface area contributed by atoms with E-state index < -0.39 is 11.9 Å². The molecule has 2 amide bonds. The number of aromatic nitrogens is 4. The van der Waals surface area contributed by atoms with Crippen LogP contribution >= 0.6 is 0 Å². The Hall–Kier alpha value is -6.27. The molecule has 3 fully saturated rings. The third-order valence-electron chi connectivity index (χ3n) is 12.8. The van der Waals surface area contributed by atoms with Gasteiger partial charge in [-0.3, -0.25) is 24.3 Å². The van der Waals surface area contributed by atoms with Crippen LogP contribution in [0.3, 0.4) is 0 Å². The Kier molecular flexibility index (Phi) is 11.9. The van der Waals surface area contributed by atoms with Gasteiger partial charge in [0.05, 0.1) is 43.4 Å². The van der Waals surface area contributed by atoms with E-state index in [9.17, 15) is 14.4 Å². The summed E-state index contributed by atoms with van der Waals surface area (Å²) in [4.78, 5) is 69.6. The molecule has 0 aliphatic carbocycles. The zero-order chi connectivity index (χ0) is 41.7. The lowest BCUT2D eigenvalue weighted by molar-refractivity contribution is -0.145. The second-order valence-corrected chi connectivity index (χ2v) is 16.5. The molecule has 4 atom stereocenters. The number of likely N-dealkylation sites (tertiary alicyclic amines) is 3. The SMILES string of the molecule is COC(=O)C[C@@H](C(=O)N1CCC[C@H]1c1ncc(-c2ccc(-c3ncc(C4=CN=C([C@@H]5CCCN5C(=O)[C@@H](c5ccccc5)N5CCCCC5)C4)cn3)cc2)[nH]1)c1ccccc1. The predicted molar refractivity (Wildman–Crippen MR) is 234 cm³/mol. The maximum Gasteiger partial charge on any atom is 0.306 e. The maximum absolute atomic E-state index is 14.4. The smallest absolute Gasteiger partial charge is 0.306 e. The molecule has 1 N–H and O–H groups in total. The quantitative estimate of drug-likeness (QED) is 0.125. The highest BCUT2D eigenvalue weighted by atomic mass is 16.5. The number of methoxy groups -OCH3 is 1. The van der Waals surface area contributed by atoms with Crippen LogP contribution in [0, 0.1) is 0 Å². The summed E-state index contributed by atoms with van der Waals surface area (Å²) < 4.78 is 4.95. The predicted octanol–water partition coefficient (Wildman–Crippen LogP) is 7.95. The van der Waals surface area contributed by atoms with Crippen molar-refractivity contribution in [3.05, 3.63) is 132 Å². The zero-order valence-electron chi connectivity index (χ0n) is 34.7. The van der Waals surface area contributed by atoms with Crippen molar-refractivity contribution in [2.75, 3.05) is 33.3 Å². The minimum atomic E-state index is -0.629. The molecule has 2 aromatic heterocycles. The van der Waals surface area contributed by atoms with Gasteiger partial charge in [-0.05, 0) is 73.9 Å². The molecule has 12 heteroatoms. The first-order valence-corrected chi connectivity index (χ1v) is 21.7. The van der Waals surface area contributed by atoms with Crippen molar-refractivity contribution in [1.29, 1.82) is 0 Å². The monoisotopic (exact) mass is 816 g/mol. The van der Waals surface area contributed by atoms with Crippen molar-refractivity contribution in [1.82, 2.24) is 34.6 Å². The van der Waals surface area contributed by atoms with E-state index in [1.54, 1.807) is 0 Å². The van der Waals surface area contributed by atoms with Crippen LogP contribution in [0.4, 0.5) is 0 Å². The van der Waals surface area contributed by atoms with E-state index in [1.807, 2.05) is 102 Å². The van der Waals surface area contributed by atoms with Crippen LogP contribution in [0.25, 0.3) is 28.2 Å². The number of amides is 2. The molecule has 3 aromatic carbocycles. The highest BCUT2D eigenvalue weighted by molar-refractivity contribution is 6.03. The summed E-state index contributed by atoms with van der Waals surface area (Å²) in [5, 5.41) is 0. The fraction of sp³-hybridized carbons (Fsp3) is 0.367. The molecule has 9 rings (SSSR count). The van der Waals surface area contributed by atoms with E-state index in [0.717, 1.165) is 109 Å². The number of hydrogen-bond acceptors (Lipinski definition) is 9. The van der Waals surface area contributed by atoms with Crippen molar-refractivity contribution in [2.45, 2.75) is 81.8 Å². The van der Waals surface area contributed by atoms with E-state index in [1.165, 1.54) is 13.5 Å². The summed E-state index contributed by atoms with van der Waals surface area (Å²) in [6.45, 7) is 3.24. The summed E-state index contributed by atoms with van der Waals surface area (Å²) in [6, 6.07) is 27.3. The average molecular weight is 817 g/mol. The van der Waals surface area contributed by atoms with Gasteiger partial charge >= 0.3 is 5.97 Å². The summed E-state index contributed by atoms with van der Waals surface area (Å²) in [7, 11) is 1.35. The van der Waals surface area contributed by atoms with Crippen molar-refractivity contribution in [3.8, 4) is 22.6 Å². The average Bonchev–Trinajstić information content (AvgIpc) is 4.17. The van der Waals surface area contributed by atoms with Gasteiger partial charge in [0.1, 0.15) is 11.9 Å². The number of rotatable bonds is 12. The van der Waals surface area contributed by atoms with Crippen LogP contribution in [-0.4, -0.2) is 97.5 Å². The molecule has 6 heterocycles. The molecule has 5 aromatic rings. The molecule has 312 valence electrons. The molecular formula is C49H52N8O4. The first-order valence-electron chi connectivity index (χ1n) is 21.7. The highest BCUT2D eigenvalue weighted by Crippen LogP contribution is 2.37. The summed E-state index contributed by atoms with van der Waals surface area (Å²) in [5.74, 6) is 0.394. The molecular weight excluding hydrogens is 765 g/mol. The number of ether oxygens (including phenoxy) is 1. The van der Waals surface area contributed by atoms with Crippen molar-refractivity contribution >= 4 is 29.1 Å². The number of aromatic amines is 1. The van der Waals surface area contributed by atoms with Crippen LogP contribution in [0.15, 0.2) is 115 Å². The molecule has 0 spiro atoms. The fourth-order valence-electron chi connectivity index (χ4n) is 9.58. The number of nitrogens with one attached hydrogen (secondary N) is 1. The van der Waals surface area contributed by atoms with Gasteiger partial charge in [0, 0.05) is 54.9 Å². The number of hydrogen-bond donors (Lipinski definition) is 1. The molecule has 4 aliphatic heterocycles. The molecule has 0 unspecified atom stereocenters. The normalized spacial score (nSPS) is 20.3. The van der Waals surface area contributed by atoms with Gasteiger partial charge in [-0.2, -0.15) is 0 Å². The second kappa shape index (κ2) is 18.1. The minimum absolute atomic E-state index is 0.00784. The number of carbonyl (C=O) groups is 3. The summed E-state index contributed by atoms with van der Waals surface area (Å²) in [6.07, 6.45) is 15.1. The van der Waals surface area contributed by atoms with Gasteiger partial charge in [0.25, 0.3) is 0 Å². The molecule has 0 saturated carbocycles. The number of allylic oxidation sites excluding steroid dienone is 1. The van der Waals surface area contributed by atoms with Gasteiger partial charge in [0.2, 0.25) is 11.8 Å². The molecule has 3 saturated heterocycles. The van der Waals surface area contributed by atoms with Crippen LogP contribution < -0.4 is 0 Å². The van der Waals surface area contributed by atoms with Crippen LogP contribution in [0.1, 0.15) is 98.3 Å². The number of esters is 1. The summed E-state index contributed by atoms with van der Waals surface area (Å²) >= 11 is 0. The number of H-pyrrole nitrogens is 1. The van der Waals surface area contributed by atoms with E-state index in [0.29, 0.717) is 18.8 Å². The number of aliphatic imine (C=N–C) groups is 1. The van der Waals surface area contributed by atoms with E-state index >= 15 is 0 Å². The third kappa shape index (κ3) is 8.54. The fourth-order valence-corrected chi connectivity index (χ4v) is 9.58. The number of piperidine rings is 1. The molecule has 12 nitrogen and oxygen atoms in total. The largest absolute Gasteiger partial charge is 0.469 e. The molecule has 4 aliphatic rings. The Bertz CT molecular complexity index is 2390. The molecule has 0 radical (unpaired) electrons. The van der Waals surface area contributed by atoms with Crippen LogP contribution in [0.5, 0.6) is 0 Å². The number of benzene rings is 3. The zero-order valence-corrected chi connectivity index (χ0v) is 34.7. The van der Waals surface area contributed by atoms with Gasteiger partial charge in [-0.25, -0.2) is 15.0 Å². The first kappa shape index (κ1) is 40.2. The van der Waals surface area contributed by atoms with Gasteiger partial charge < -0.3 is 19.5 Å². The lowest BCUT2D eigenvalue weighted by Gasteiger charge is -2.37. The van der Waals surface area contributed by atoms with Crippen molar-refractivity contribution < 1.29 is 19.1 Å². The number of imidazole rings is 1. The Morgan fingerprint density at radius 3 is 2.02 bits per heavy atom. The topological polar surface area (TPSA) is 137 Å². The second-order valence-electron chi connectivity index (χ2n) is 16.5. The van der Waals surface area contributed by atoms with Crippen LogP contribution in [-0.2, 0) is 19.1 Å². The highest BCUT2D eigenvalue weighted by Gasteiger charge is 2.40. The Balaban J connectivity index is 0.834. The number of nitrogens with zero attached hydrogens (tertiary/aromatic N) is 7. The Morgan fingerprint density at radius 2 is 1.33 bits per heavy atom. The van der Waals surface area contributed by atoms with Crippen molar-refractivity contribution in [3.63, 3.8) is 0 Å². The maximum atomic E-state index is 14.4. The Labute approximate surface area is 356 Å². The van der Waals surface area contributed by atoms with Gasteiger partial charge in [0.15, 0.2) is 5.82 Å². The molecule has 0 bridgehead atoms. The van der Waals surface area contributed by atoms with E-state index in [2.05, 4.69) is 26.9 Å². The van der Waals surface area contributed by atoms with Crippen molar-refractivity contribution in [2.24, 2.45) is 4.99 Å². The summed E-state index contributed by atoms with van der Waals surface area (Å²) in [5.41, 5.74) is 7.58. The lowest BCUT2D eigenvalue weighted by Crippen LogP contribution is -2.48. The lowest BCUT2D eigenvalue weighted by atomic mass is 9.94. The third-order valence-corrected chi connectivity index (χ3v) is 12.8. The van der Waals surface area contributed by atoms with Gasteiger partial charge in [-0.1, -0.05) is 91.3 Å². The standard InChI is InChI=1S/C49H52N8O4/c1-61-44(58)28-39(33-13-5-2-6-14-33)48(59)57-26-12-18-43(57)47-53-32-41(54-47)34-19-21-36(22-20-34)46-51-30-38(31-52-46)37-27-40(50-29-37)42-17-11-25-56(42)49(60)45(35-15-7-3-8-16-35)55-23-9-4-10-24-55/h2-3,5-8,13-16,19-22,29-32,39,42-43,45H,4,9-12,17-18,23-28H2,1H3,(H,53,54)/t39-,42+,43+,45-/m1/s1. The van der Waals surface area contributed by atoms with E-state index in [4.69, 9.17) is 24.7 Å². The van der Waals surface area contributed by atoms with Crippen LogP contribution in [0.2, 0.25) is 0 Å². The van der Waals surface area contributed by atoms with Gasteiger partial charge in [-0.15, -0.1) is 0 Å². The minimum Gasteiger partial charge on any atom is -0.469 e. The van der Waals surface area contributed by atoms with E-state index in [-0.39, 0.29) is 36.4 Å². The number of carbonyl (C=O) groups excluding carboxylic acids is 3. The first-order chi connectivity index (χ1) is 29.9.